The average Bonchev–Trinajstić information content (AvgIpc) is 2.67. The molecule has 1 aliphatic rings. The van der Waals surface area contributed by atoms with Crippen LogP contribution in [0.15, 0.2) is 47.4 Å². The molecule has 2 aromatic carbocycles. The van der Waals surface area contributed by atoms with Crippen LogP contribution in [0, 0.1) is 17.0 Å². The summed E-state index contributed by atoms with van der Waals surface area (Å²) in [5, 5.41) is 11.5. The molecule has 0 atom stereocenters. The van der Waals surface area contributed by atoms with Gasteiger partial charge in [0.05, 0.1) is 43.0 Å². The number of nitrogens with zero attached hydrogens (tertiary/aromatic N) is 2. The summed E-state index contributed by atoms with van der Waals surface area (Å²) in [6, 6.07) is 12.9. The van der Waals surface area contributed by atoms with Crippen molar-refractivity contribution in [3.8, 4) is 0 Å². The zero-order valence-corrected chi connectivity index (χ0v) is 16.4. The Morgan fingerprint density at radius 3 is 2.48 bits per heavy atom. The number of benzene rings is 2. The molecule has 7 heteroatoms. The quantitative estimate of drug-likeness (QED) is 0.486. The molecule has 6 nitrogen and oxygen atoms in total. The average molecular weight is 386 g/mol. The van der Waals surface area contributed by atoms with Crippen LogP contribution in [0.3, 0.4) is 0 Å². The molecule has 0 bridgehead atoms. The minimum atomic E-state index is -0.400. The molecule has 3 rings (SSSR count). The van der Waals surface area contributed by atoms with Gasteiger partial charge in [-0.1, -0.05) is 29.8 Å². The zero-order chi connectivity index (χ0) is 19.4. The highest BCUT2D eigenvalue weighted by molar-refractivity contribution is 7.98. The van der Waals surface area contributed by atoms with Gasteiger partial charge in [0, 0.05) is 17.4 Å². The SMILES string of the molecule is Cc1ccc(CSc2ccc(C(=O)N3CC[NH+](C)CC3)cc2[N+](=O)[O-])cc1. The van der Waals surface area contributed by atoms with Gasteiger partial charge in [-0.25, -0.2) is 0 Å². The van der Waals surface area contributed by atoms with Crippen molar-refractivity contribution < 1.29 is 14.6 Å². The molecule has 0 spiro atoms. The van der Waals surface area contributed by atoms with Crippen LogP contribution in [0.4, 0.5) is 5.69 Å². The Morgan fingerprint density at radius 2 is 1.85 bits per heavy atom. The van der Waals surface area contributed by atoms with Gasteiger partial charge in [0.15, 0.2) is 0 Å². The van der Waals surface area contributed by atoms with Crippen molar-refractivity contribution in [3.63, 3.8) is 0 Å². The van der Waals surface area contributed by atoms with E-state index in [1.807, 2.05) is 31.2 Å². The van der Waals surface area contributed by atoms with Crippen molar-refractivity contribution in [1.29, 1.82) is 0 Å². The standard InChI is InChI=1S/C20H23N3O3S/c1-15-3-5-16(6-4-15)14-27-19-8-7-17(13-18(19)23(25)26)20(24)22-11-9-21(2)10-12-22/h3-8,13H,9-12,14H2,1-2H3/p+1. The van der Waals surface area contributed by atoms with Crippen molar-refractivity contribution in [1.82, 2.24) is 4.90 Å². The summed E-state index contributed by atoms with van der Waals surface area (Å²) in [5.41, 5.74) is 2.68. The van der Waals surface area contributed by atoms with Gasteiger partial charge < -0.3 is 9.80 Å². The lowest BCUT2D eigenvalue weighted by Gasteiger charge is -2.30. The van der Waals surface area contributed by atoms with E-state index < -0.39 is 4.92 Å². The van der Waals surface area contributed by atoms with Crippen LogP contribution in [-0.2, 0) is 5.75 Å². The molecule has 0 saturated carbocycles. The molecule has 142 valence electrons. The number of nitro benzene ring substituents is 1. The monoisotopic (exact) mass is 386 g/mol. The second-order valence-corrected chi connectivity index (χ2v) is 7.98. The largest absolute Gasteiger partial charge is 0.334 e. The molecule has 0 aliphatic carbocycles. The number of likely N-dealkylation sites (N-methyl/N-ethyl adjacent to an activating group) is 1. The Morgan fingerprint density at radius 1 is 1.19 bits per heavy atom. The predicted molar refractivity (Wildman–Crippen MR) is 106 cm³/mol. The number of carbonyl (C=O) groups is 1. The normalized spacial score (nSPS) is 15.0. The molecule has 0 radical (unpaired) electrons. The fraction of sp³-hybridized carbons (Fsp3) is 0.350. The first-order valence-corrected chi connectivity index (χ1v) is 10.00. The third kappa shape index (κ3) is 4.87. The molecule has 27 heavy (non-hydrogen) atoms. The van der Waals surface area contributed by atoms with Gasteiger partial charge in [-0.2, -0.15) is 0 Å². The Labute approximate surface area is 163 Å². The van der Waals surface area contributed by atoms with Crippen LogP contribution in [0.5, 0.6) is 0 Å². The van der Waals surface area contributed by atoms with E-state index in [9.17, 15) is 14.9 Å². The molecule has 1 N–H and O–H groups in total. The van der Waals surface area contributed by atoms with Gasteiger partial charge in [0.2, 0.25) is 0 Å². The third-order valence-electron chi connectivity index (χ3n) is 4.82. The summed E-state index contributed by atoms with van der Waals surface area (Å²) < 4.78 is 0. The third-order valence-corrected chi connectivity index (χ3v) is 5.96. The van der Waals surface area contributed by atoms with E-state index in [1.165, 1.54) is 28.3 Å². The van der Waals surface area contributed by atoms with Crippen LogP contribution in [0.1, 0.15) is 21.5 Å². The summed E-state index contributed by atoms with van der Waals surface area (Å²) >= 11 is 1.42. The van der Waals surface area contributed by atoms with E-state index in [0.29, 0.717) is 29.3 Å². The van der Waals surface area contributed by atoms with E-state index in [0.717, 1.165) is 18.7 Å². The van der Waals surface area contributed by atoms with Crippen molar-refractivity contribution in [2.75, 3.05) is 33.2 Å². The fourth-order valence-corrected chi connectivity index (χ4v) is 3.99. The second-order valence-electron chi connectivity index (χ2n) is 6.96. The topological polar surface area (TPSA) is 67.9 Å². The highest BCUT2D eigenvalue weighted by Crippen LogP contribution is 2.32. The first-order valence-electron chi connectivity index (χ1n) is 9.01. The van der Waals surface area contributed by atoms with Crippen LogP contribution < -0.4 is 4.90 Å². The molecular formula is C20H24N3O3S+. The van der Waals surface area contributed by atoms with E-state index in [1.54, 1.807) is 17.0 Å². The maximum absolute atomic E-state index is 12.7. The number of aryl methyl sites for hydroxylation is 1. The van der Waals surface area contributed by atoms with Crippen LogP contribution in [-0.4, -0.2) is 49.0 Å². The number of rotatable bonds is 5. The summed E-state index contributed by atoms with van der Waals surface area (Å²) in [5.74, 6) is 0.524. The molecule has 1 aliphatic heterocycles. The lowest BCUT2D eigenvalue weighted by molar-refractivity contribution is -0.883. The molecule has 0 aromatic heterocycles. The number of hydrogen-bond donors (Lipinski definition) is 1. The lowest BCUT2D eigenvalue weighted by Crippen LogP contribution is -3.12. The van der Waals surface area contributed by atoms with Crippen molar-refractivity contribution in [2.45, 2.75) is 17.6 Å². The highest BCUT2D eigenvalue weighted by Gasteiger charge is 2.25. The smallest absolute Gasteiger partial charge is 0.283 e. The Hall–Kier alpha value is -2.38. The van der Waals surface area contributed by atoms with Crippen LogP contribution in [0.25, 0.3) is 0 Å². The molecule has 1 saturated heterocycles. The van der Waals surface area contributed by atoms with Crippen LogP contribution in [0.2, 0.25) is 0 Å². The Kier molecular flexibility index (Phi) is 6.13. The number of quaternary nitrogens is 1. The maximum atomic E-state index is 12.7. The lowest BCUT2D eigenvalue weighted by atomic mass is 10.1. The van der Waals surface area contributed by atoms with Crippen molar-refractivity contribution in [2.24, 2.45) is 0 Å². The van der Waals surface area contributed by atoms with E-state index in [2.05, 4.69) is 7.05 Å². The summed E-state index contributed by atoms with van der Waals surface area (Å²) in [6.45, 7) is 5.20. The molecular weight excluding hydrogens is 362 g/mol. The number of amides is 1. The predicted octanol–water partition coefficient (Wildman–Crippen LogP) is 2.17. The minimum Gasteiger partial charge on any atom is -0.334 e. The number of thioether (sulfide) groups is 1. The number of hydrogen-bond acceptors (Lipinski definition) is 4. The number of piperazine rings is 1. The van der Waals surface area contributed by atoms with E-state index in [4.69, 9.17) is 0 Å². The number of nitrogens with one attached hydrogen (secondary N) is 1. The van der Waals surface area contributed by atoms with Crippen molar-refractivity contribution >= 4 is 23.4 Å². The number of nitro groups is 1. The second kappa shape index (κ2) is 8.54. The molecule has 1 heterocycles. The first kappa shape index (κ1) is 19.4. The fourth-order valence-electron chi connectivity index (χ4n) is 3.03. The van der Waals surface area contributed by atoms with Gasteiger partial charge in [-0.15, -0.1) is 11.8 Å². The van der Waals surface area contributed by atoms with Crippen LogP contribution >= 0.6 is 11.8 Å². The first-order chi connectivity index (χ1) is 12.9. The summed E-state index contributed by atoms with van der Waals surface area (Å²) in [6.07, 6.45) is 0. The molecule has 1 fully saturated rings. The Bertz CT molecular complexity index is 831. The van der Waals surface area contributed by atoms with Gasteiger partial charge >= 0.3 is 0 Å². The molecule has 2 aromatic rings. The van der Waals surface area contributed by atoms with Gasteiger partial charge in [-0.05, 0) is 24.6 Å². The van der Waals surface area contributed by atoms with Gasteiger partial charge in [0.1, 0.15) is 0 Å². The van der Waals surface area contributed by atoms with Gasteiger partial charge in [0.25, 0.3) is 11.6 Å². The minimum absolute atomic E-state index is 0.00212. The van der Waals surface area contributed by atoms with E-state index in [-0.39, 0.29) is 11.6 Å². The summed E-state index contributed by atoms with van der Waals surface area (Å²) in [7, 11) is 2.10. The number of carbonyl (C=O) groups excluding carboxylic acids is 1. The zero-order valence-electron chi connectivity index (χ0n) is 15.6. The van der Waals surface area contributed by atoms with E-state index >= 15 is 0 Å². The molecule has 0 unspecified atom stereocenters. The Balaban J connectivity index is 1.75. The highest BCUT2D eigenvalue weighted by atomic mass is 32.2. The van der Waals surface area contributed by atoms with Gasteiger partial charge in [-0.3, -0.25) is 14.9 Å². The molecule has 1 amide bonds. The maximum Gasteiger partial charge on any atom is 0.283 e. The van der Waals surface area contributed by atoms with Crippen molar-refractivity contribution in [3.05, 3.63) is 69.3 Å². The summed E-state index contributed by atoms with van der Waals surface area (Å²) in [4.78, 5) is 27.6.